The Morgan fingerprint density at radius 1 is 1.26 bits per heavy atom. The van der Waals surface area contributed by atoms with Crippen molar-refractivity contribution in [1.29, 1.82) is 0 Å². The van der Waals surface area contributed by atoms with E-state index in [1.165, 1.54) is 12.1 Å². The van der Waals surface area contributed by atoms with Crippen molar-refractivity contribution >= 4 is 17.2 Å². The Bertz CT molecular complexity index is 741. The van der Waals surface area contributed by atoms with E-state index in [4.69, 9.17) is 11.6 Å². The smallest absolute Gasteiger partial charge is 0.331 e. The highest BCUT2D eigenvalue weighted by Gasteiger charge is 2.35. The fraction of sp³-hybridized carbons (Fsp3) is 0.333. The van der Waals surface area contributed by atoms with Crippen molar-refractivity contribution in [2.75, 3.05) is 0 Å². The Morgan fingerprint density at radius 2 is 1.87 bits per heavy atom. The highest BCUT2D eigenvalue weighted by Crippen LogP contribution is 2.42. The molecular formula is C18H19ClF3N. The van der Waals surface area contributed by atoms with Crippen LogP contribution in [0.2, 0.25) is 5.15 Å². The number of allylic oxidation sites excluding steroid dienone is 1. The van der Waals surface area contributed by atoms with Gasteiger partial charge in [-0.2, -0.15) is 13.2 Å². The van der Waals surface area contributed by atoms with Crippen LogP contribution in [0.3, 0.4) is 0 Å². The normalized spacial score (nSPS) is 11.8. The molecule has 0 N–H and O–H groups in total. The maximum Gasteiger partial charge on any atom is 0.417 e. The number of benzene rings is 1. The van der Waals surface area contributed by atoms with Crippen LogP contribution >= 0.6 is 11.6 Å². The van der Waals surface area contributed by atoms with E-state index in [0.717, 1.165) is 29.2 Å². The van der Waals surface area contributed by atoms with E-state index in [1.54, 1.807) is 17.6 Å². The highest BCUT2D eigenvalue weighted by atomic mass is 35.5. The molecule has 5 heteroatoms. The van der Waals surface area contributed by atoms with Crippen LogP contribution < -0.4 is 0 Å². The third-order valence-electron chi connectivity index (χ3n) is 3.80. The fourth-order valence-electron chi connectivity index (χ4n) is 2.92. The zero-order valence-corrected chi connectivity index (χ0v) is 14.1. The number of alkyl halides is 3. The molecule has 0 radical (unpaired) electrons. The number of aromatic nitrogens is 1. The molecule has 1 nitrogen and oxygen atoms in total. The average molecular weight is 342 g/mol. The van der Waals surface area contributed by atoms with Gasteiger partial charge in [-0.05, 0) is 37.5 Å². The zero-order chi connectivity index (χ0) is 17.4. The molecule has 0 fully saturated rings. The van der Waals surface area contributed by atoms with Gasteiger partial charge in [0.2, 0.25) is 0 Å². The van der Waals surface area contributed by atoms with E-state index >= 15 is 0 Å². The lowest BCUT2D eigenvalue weighted by molar-refractivity contribution is -0.137. The van der Waals surface area contributed by atoms with Crippen LogP contribution in [0.1, 0.15) is 37.0 Å². The lowest BCUT2D eigenvalue weighted by atomic mass is 9.98. The minimum atomic E-state index is -4.42. The molecule has 124 valence electrons. The van der Waals surface area contributed by atoms with E-state index in [0.29, 0.717) is 17.4 Å². The molecule has 0 saturated heterocycles. The molecule has 2 aromatic rings. The largest absolute Gasteiger partial charge is 0.417 e. The predicted molar refractivity (Wildman–Crippen MR) is 89.6 cm³/mol. The van der Waals surface area contributed by atoms with E-state index in [9.17, 15) is 13.2 Å². The van der Waals surface area contributed by atoms with Gasteiger partial charge in [-0.25, -0.2) is 0 Å². The lowest BCUT2D eigenvalue weighted by Gasteiger charge is -2.16. The van der Waals surface area contributed by atoms with Crippen LogP contribution in [0.15, 0.2) is 30.8 Å². The maximum atomic E-state index is 13.4. The predicted octanol–water partition coefficient (Wildman–Crippen LogP) is 6.58. The van der Waals surface area contributed by atoms with E-state index in [-0.39, 0.29) is 5.56 Å². The Balaban J connectivity index is 2.84. The van der Waals surface area contributed by atoms with Crippen molar-refractivity contribution in [2.24, 2.45) is 0 Å². The highest BCUT2D eigenvalue weighted by molar-refractivity contribution is 6.32. The van der Waals surface area contributed by atoms with Crippen LogP contribution in [0, 0.1) is 6.92 Å². The summed E-state index contributed by atoms with van der Waals surface area (Å²) in [5.41, 5.74) is 2.22. The molecule has 1 aromatic carbocycles. The van der Waals surface area contributed by atoms with Crippen molar-refractivity contribution in [3.05, 3.63) is 52.7 Å². The first-order chi connectivity index (χ1) is 10.7. The van der Waals surface area contributed by atoms with Gasteiger partial charge < -0.3 is 4.57 Å². The fourth-order valence-corrected chi connectivity index (χ4v) is 3.39. The first-order valence-electron chi connectivity index (χ1n) is 7.41. The van der Waals surface area contributed by atoms with E-state index < -0.39 is 11.7 Å². The Labute approximate surface area is 139 Å². The molecule has 2 rings (SSSR count). The molecule has 0 spiro atoms. The summed E-state index contributed by atoms with van der Waals surface area (Å²) in [6.45, 7) is 10.0. The molecule has 0 unspecified atom stereocenters. The van der Waals surface area contributed by atoms with Crippen molar-refractivity contribution in [3.8, 4) is 11.3 Å². The van der Waals surface area contributed by atoms with Gasteiger partial charge in [0, 0.05) is 17.7 Å². The lowest BCUT2D eigenvalue weighted by Crippen LogP contribution is -2.09. The minimum absolute atomic E-state index is 0.153. The molecule has 0 aliphatic rings. The maximum absolute atomic E-state index is 13.4. The Hall–Kier alpha value is -1.68. The summed E-state index contributed by atoms with van der Waals surface area (Å²) in [6, 6.07) is 5.61. The van der Waals surface area contributed by atoms with Gasteiger partial charge in [-0.15, -0.1) is 0 Å². The van der Waals surface area contributed by atoms with Crippen LogP contribution in [0.25, 0.3) is 16.8 Å². The monoisotopic (exact) mass is 341 g/mol. The third kappa shape index (κ3) is 3.18. The van der Waals surface area contributed by atoms with Gasteiger partial charge in [0.25, 0.3) is 0 Å². The topological polar surface area (TPSA) is 4.93 Å². The minimum Gasteiger partial charge on any atom is -0.331 e. The standard InChI is InChI=1S/C18H19ClF3N/c1-5-10-23-16(12(4)15(11(2)3)17(23)19)13-8-6-7-9-14(13)18(20,21)22/h6-9H,2,5,10H2,1,3-4H3. The summed E-state index contributed by atoms with van der Waals surface area (Å²) < 4.78 is 41.9. The molecule has 23 heavy (non-hydrogen) atoms. The van der Waals surface area contributed by atoms with Gasteiger partial charge in [0.1, 0.15) is 5.15 Å². The molecular weight excluding hydrogens is 323 g/mol. The number of nitrogens with zero attached hydrogens (tertiary/aromatic N) is 1. The van der Waals surface area contributed by atoms with Gasteiger partial charge in [0.05, 0.1) is 11.3 Å². The van der Waals surface area contributed by atoms with Gasteiger partial charge in [-0.3, -0.25) is 0 Å². The molecule has 0 saturated carbocycles. The number of hydrogen-bond donors (Lipinski definition) is 0. The summed E-state index contributed by atoms with van der Waals surface area (Å²) in [7, 11) is 0. The SMILES string of the molecule is C=C(C)c1c(C)c(-c2ccccc2C(F)(F)F)n(CCC)c1Cl. The molecule has 0 aliphatic carbocycles. The number of hydrogen-bond acceptors (Lipinski definition) is 0. The molecule has 0 amide bonds. The molecule has 1 aromatic heterocycles. The van der Waals surface area contributed by atoms with Crippen LogP contribution in [0.5, 0.6) is 0 Å². The zero-order valence-electron chi connectivity index (χ0n) is 13.4. The number of halogens is 4. The molecule has 0 aliphatic heterocycles. The van der Waals surface area contributed by atoms with Crippen molar-refractivity contribution in [1.82, 2.24) is 4.57 Å². The summed E-state index contributed by atoms with van der Waals surface area (Å²) in [4.78, 5) is 0. The van der Waals surface area contributed by atoms with Gasteiger partial charge in [-0.1, -0.05) is 43.3 Å². The van der Waals surface area contributed by atoms with E-state index in [1.807, 2.05) is 13.8 Å². The Morgan fingerprint density at radius 3 is 2.39 bits per heavy atom. The summed E-state index contributed by atoms with van der Waals surface area (Å²) >= 11 is 6.45. The van der Waals surface area contributed by atoms with Crippen LogP contribution in [-0.4, -0.2) is 4.57 Å². The molecule has 0 bridgehead atoms. The summed E-state index contributed by atoms with van der Waals surface area (Å²) in [5.74, 6) is 0. The van der Waals surface area contributed by atoms with Crippen molar-refractivity contribution in [2.45, 2.75) is 39.9 Å². The van der Waals surface area contributed by atoms with E-state index in [2.05, 4.69) is 6.58 Å². The quantitative estimate of drug-likeness (QED) is 0.592. The number of rotatable bonds is 4. The molecule has 1 heterocycles. The van der Waals surface area contributed by atoms with Crippen LogP contribution in [0.4, 0.5) is 13.2 Å². The van der Waals surface area contributed by atoms with Crippen molar-refractivity contribution in [3.63, 3.8) is 0 Å². The van der Waals surface area contributed by atoms with Gasteiger partial charge >= 0.3 is 6.18 Å². The second kappa shape index (κ2) is 6.44. The molecule has 0 atom stereocenters. The van der Waals surface area contributed by atoms with Gasteiger partial charge in [0.15, 0.2) is 0 Å². The first kappa shape index (κ1) is 17.7. The second-order valence-electron chi connectivity index (χ2n) is 5.61. The third-order valence-corrected chi connectivity index (χ3v) is 4.20. The first-order valence-corrected chi connectivity index (χ1v) is 7.79. The van der Waals surface area contributed by atoms with Crippen LogP contribution in [-0.2, 0) is 12.7 Å². The summed E-state index contributed by atoms with van der Waals surface area (Å²) in [5, 5.41) is 0.448. The second-order valence-corrected chi connectivity index (χ2v) is 5.97. The Kier molecular flexibility index (Phi) is 4.95. The average Bonchev–Trinajstić information content (AvgIpc) is 2.69. The van der Waals surface area contributed by atoms with Crippen molar-refractivity contribution < 1.29 is 13.2 Å². The summed E-state index contributed by atoms with van der Waals surface area (Å²) in [6.07, 6.45) is -3.65.